The van der Waals surface area contributed by atoms with Crippen molar-refractivity contribution in [3.05, 3.63) is 52.8 Å². The van der Waals surface area contributed by atoms with Gasteiger partial charge in [0.1, 0.15) is 11.4 Å². The monoisotopic (exact) mass is 390 g/mol. The second-order valence-electron chi connectivity index (χ2n) is 6.30. The van der Waals surface area contributed by atoms with E-state index in [0.29, 0.717) is 67.8 Å². The molecule has 7 nitrogen and oxygen atoms in total. The third-order valence-electron chi connectivity index (χ3n) is 4.46. The van der Waals surface area contributed by atoms with Crippen molar-refractivity contribution < 1.29 is 14.3 Å². The number of amides is 2. The molecule has 1 saturated heterocycles. The van der Waals surface area contributed by atoms with Crippen LogP contribution >= 0.6 is 11.6 Å². The first-order chi connectivity index (χ1) is 13.1. The van der Waals surface area contributed by atoms with E-state index in [1.165, 1.54) is 0 Å². The quantitative estimate of drug-likeness (QED) is 0.738. The van der Waals surface area contributed by atoms with E-state index in [1.54, 1.807) is 46.3 Å². The maximum Gasteiger partial charge on any atom is 0.270 e. The molecule has 1 aliphatic heterocycles. The molecule has 0 bridgehead atoms. The summed E-state index contributed by atoms with van der Waals surface area (Å²) in [5.41, 5.74) is 6.53. The Morgan fingerprint density at radius 3 is 2.44 bits per heavy atom. The van der Waals surface area contributed by atoms with Crippen LogP contribution in [0.2, 0.25) is 5.02 Å². The second kappa shape index (κ2) is 8.92. The Morgan fingerprint density at radius 2 is 1.81 bits per heavy atom. The lowest BCUT2D eigenvalue weighted by Gasteiger charge is -2.34. The molecule has 1 aromatic heterocycles. The van der Waals surface area contributed by atoms with Gasteiger partial charge >= 0.3 is 0 Å². The average Bonchev–Trinajstić information content (AvgIpc) is 3.22. The Hall–Kier alpha value is -2.51. The number of benzene rings is 1. The van der Waals surface area contributed by atoms with Crippen LogP contribution in [0.4, 0.5) is 0 Å². The molecule has 144 valence electrons. The summed E-state index contributed by atoms with van der Waals surface area (Å²) in [6.45, 7) is 2.85. The molecule has 2 aromatic rings. The number of rotatable bonds is 6. The summed E-state index contributed by atoms with van der Waals surface area (Å²) in [5.74, 6) is 0.289. The van der Waals surface area contributed by atoms with Crippen LogP contribution in [0.15, 0.2) is 36.5 Å². The molecule has 1 aromatic carbocycles. The van der Waals surface area contributed by atoms with E-state index in [0.717, 1.165) is 0 Å². The number of piperazine rings is 1. The number of aromatic nitrogens is 1. The van der Waals surface area contributed by atoms with Gasteiger partial charge < -0.3 is 25.3 Å². The van der Waals surface area contributed by atoms with Crippen LogP contribution in [0.25, 0.3) is 0 Å². The van der Waals surface area contributed by atoms with Crippen molar-refractivity contribution in [3.63, 3.8) is 0 Å². The van der Waals surface area contributed by atoms with Crippen LogP contribution in [0.5, 0.6) is 5.75 Å². The van der Waals surface area contributed by atoms with E-state index >= 15 is 0 Å². The lowest BCUT2D eigenvalue weighted by atomic mass is 10.1. The summed E-state index contributed by atoms with van der Waals surface area (Å²) >= 11 is 6.05. The number of hydrogen-bond donors (Lipinski definition) is 2. The molecule has 27 heavy (non-hydrogen) atoms. The van der Waals surface area contributed by atoms with Gasteiger partial charge in [0, 0.05) is 37.4 Å². The fourth-order valence-electron chi connectivity index (χ4n) is 2.97. The van der Waals surface area contributed by atoms with Crippen LogP contribution < -0.4 is 10.5 Å². The van der Waals surface area contributed by atoms with Crippen LogP contribution in [-0.4, -0.2) is 65.9 Å². The van der Waals surface area contributed by atoms with Crippen molar-refractivity contribution in [3.8, 4) is 5.75 Å². The van der Waals surface area contributed by atoms with Gasteiger partial charge in [-0.3, -0.25) is 9.59 Å². The van der Waals surface area contributed by atoms with Crippen LogP contribution in [-0.2, 0) is 0 Å². The molecule has 8 heteroatoms. The largest absolute Gasteiger partial charge is 0.493 e. The summed E-state index contributed by atoms with van der Waals surface area (Å²) < 4.78 is 5.70. The number of H-pyrrole nitrogens is 1. The Morgan fingerprint density at radius 1 is 1.11 bits per heavy atom. The number of aromatic amines is 1. The Labute approximate surface area is 163 Å². The average molecular weight is 391 g/mol. The smallest absolute Gasteiger partial charge is 0.270 e. The lowest BCUT2D eigenvalue weighted by molar-refractivity contribution is 0.0530. The molecular weight excluding hydrogens is 368 g/mol. The van der Waals surface area contributed by atoms with Crippen LogP contribution in [0.1, 0.15) is 27.3 Å². The van der Waals surface area contributed by atoms with Gasteiger partial charge in [-0.25, -0.2) is 0 Å². The van der Waals surface area contributed by atoms with Gasteiger partial charge in [0.15, 0.2) is 0 Å². The summed E-state index contributed by atoms with van der Waals surface area (Å²) in [6.07, 6.45) is 2.42. The minimum Gasteiger partial charge on any atom is -0.493 e. The fourth-order valence-corrected chi connectivity index (χ4v) is 3.14. The van der Waals surface area contributed by atoms with E-state index in [-0.39, 0.29) is 11.8 Å². The number of halogens is 1. The van der Waals surface area contributed by atoms with Crippen LogP contribution in [0, 0.1) is 0 Å². The summed E-state index contributed by atoms with van der Waals surface area (Å²) in [7, 11) is 0. The molecule has 3 N–H and O–H groups in total. The topological polar surface area (TPSA) is 91.7 Å². The van der Waals surface area contributed by atoms with Gasteiger partial charge in [-0.2, -0.15) is 0 Å². The second-order valence-corrected chi connectivity index (χ2v) is 6.74. The zero-order valence-electron chi connectivity index (χ0n) is 15.0. The zero-order chi connectivity index (χ0) is 19.2. The first kappa shape index (κ1) is 19.3. The standard InChI is InChI=1S/C19H23ClN4O3/c20-14-4-5-15(17(13-14)27-12-2-6-21)18(25)23-8-10-24(11-9-23)19(26)16-3-1-7-22-16/h1,3-5,7,13,22H,2,6,8-12,21H2. The maximum atomic E-state index is 12.9. The summed E-state index contributed by atoms with van der Waals surface area (Å²) in [6, 6.07) is 8.54. The number of nitrogens with two attached hydrogens (primary N) is 1. The highest BCUT2D eigenvalue weighted by atomic mass is 35.5. The van der Waals surface area contributed by atoms with Crippen molar-refractivity contribution >= 4 is 23.4 Å². The van der Waals surface area contributed by atoms with Crippen LogP contribution in [0.3, 0.4) is 0 Å². The van der Waals surface area contributed by atoms with Crippen molar-refractivity contribution in [1.82, 2.24) is 14.8 Å². The van der Waals surface area contributed by atoms with Crippen molar-refractivity contribution in [2.75, 3.05) is 39.3 Å². The van der Waals surface area contributed by atoms with E-state index in [1.807, 2.05) is 0 Å². The maximum absolute atomic E-state index is 12.9. The van der Waals surface area contributed by atoms with Gasteiger partial charge in [-0.15, -0.1) is 0 Å². The number of hydrogen-bond acceptors (Lipinski definition) is 4. The molecule has 2 heterocycles. The molecule has 1 aliphatic rings. The number of carbonyl (C=O) groups excluding carboxylic acids is 2. The number of nitrogens with zero attached hydrogens (tertiary/aromatic N) is 2. The molecule has 2 amide bonds. The lowest BCUT2D eigenvalue weighted by Crippen LogP contribution is -2.50. The number of ether oxygens (including phenoxy) is 1. The fraction of sp³-hybridized carbons (Fsp3) is 0.368. The number of carbonyl (C=O) groups is 2. The number of nitrogens with one attached hydrogen (secondary N) is 1. The summed E-state index contributed by atoms with van der Waals surface area (Å²) in [5, 5.41) is 0.510. The molecule has 0 atom stereocenters. The van der Waals surface area contributed by atoms with E-state index in [2.05, 4.69) is 4.98 Å². The summed E-state index contributed by atoms with van der Waals surface area (Å²) in [4.78, 5) is 31.7. The molecule has 3 rings (SSSR count). The molecule has 0 spiro atoms. The van der Waals surface area contributed by atoms with Gasteiger partial charge in [0.05, 0.1) is 12.2 Å². The minimum atomic E-state index is -0.124. The van der Waals surface area contributed by atoms with Gasteiger partial charge in [-0.1, -0.05) is 11.6 Å². The van der Waals surface area contributed by atoms with E-state index in [9.17, 15) is 9.59 Å². The molecule has 0 unspecified atom stereocenters. The Balaban J connectivity index is 1.64. The van der Waals surface area contributed by atoms with Crippen molar-refractivity contribution in [2.24, 2.45) is 5.73 Å². The highest BCUT2D eigenvalue weighted by Gasteiger charge is 2.27. The normalized spacial score (nSPS) is 14.3. The van der Waals surface area contributed by atoms with Crippen molar-refractivity contribution in [1.29, 1.82) is 0 Å². The van der Waals surface area contributed by atoms with E-state index in [4.69, 9.17) is 22.1 Å². The predicted octanol–water partition coefficient (Wildman–Crippen LogP) is 1.99. The van der Waals surface area contributed by atoms with Gasteiger partial charge in [0.25, 0.3) is 11.8 Å². The highest BCUT2D eigenvalue weighted by molar-refractivity contribution is 6.30. The zero-order valence-corrected chi connectivity index (χ0v) is 15.7. The van der Waals surface area contributed by atoms with Gasteiger partial charge in [0.2, 0.25) is 0 Å². The molecular formula is C19H23ClN4O3. The minimum absolute atomic E-state index is 0.0515. The molecule has 0 radical (unpaired) electrons. The predicted molar refractivity (Wildman–Crippen MR) is 103 cm³/mol. The molecule has 0 saturated carbocycles. The Bertz CT molecular complexity index is 786. The Kier molecular flexibility index (Phi) is 6.36. The SMILES string of the molecule is NCCCOc1cc(Cl)ccc1C(=O)N1CCN(C(=O)c2ccc[nH]2)CC1. The third kappa shape index (κ3) is 4.61. The van der Waals surface area contributed by atoms with E-state index < -0.39 is 0 Å². The first-order valence-corrected chi connectivity index (χ1v) is 9.32. The molecule has 1 fully saturated rings. The highest BCUT2D eigenvalue weighted by Crippen LogP contribution is 2.25. The van der Waals surface area contributed by atoms with Gasteiger partial charge in [-0.05, 0) is 43.3 Å². The third-order valence-corrected chi connectivity index (χ3v) is 4.70. The van der Waals surface area contributed by atoms with Crippen molar-refractivity contribution in [2.45, 2.75) is 6.42 Å². The molecule has 0 aliphatic carbocycles. The first-order valence-electron chi connectivity index (χ1n) is 8.94.